The molecular formula is C15H20N2O3. The SMILES string of the molecule is CCN(CC)C(=O)Nc1cc(C=CC(=O)O)ccc1C. The first kappa shape index (κ1) is 15.8. The monoisotopic (exact) mass is 276 g/mol. The number of carboxylic acid groups (broad SMARTS) is 1. The smallest absolute Gasteiger partial charge is 0.328 e. The minimum atomic E-state index is -1.00. The Morgan fingerprint density at radius 3 is 2.50 bits per heavy atom. The van der Waals surface area contributed by atoms with E-state index in [1.165, 1.54) is 6.08 Å². The summed E-state index contributed by atoms with van der Waals surface area (Å²) in [7, 11) is 0. The number of carboxylic acids is 1. The molecule has 20 heavy (non-hydrogen) atoms. The Labute approximate surface area is 118 Å². The van der Waals surface area contributed by atoms with Crippen molar-refractivity contribution in [1.82, 2.24) is 4.90 Å². The van der Waals surface area contributed by atoms with Gasteiger partial charge in [0.1, 0.15) is 0 Å². The Kier molecular flexibility index (Phi) is 5.77. The number of hydrogen-bond acceptors (Lipinski definition) is 2. The summed E-state index contributed by atoms with van der Waals surface area (Å²) in [6.45, 7) is 7.01. The highest BCUT2D eigenvalue weighted by Crippen LogP contribution is 2.18. The zero-order chi connectivity index (χ0) is 15.1. The first-order chi connectivity index (χ1) is 9.47. The standard InChI is InChI=1S/C15H20N2O3/c1-4-17(5-2)15(20)16-13-10-12(7-6-11(13)3)8-9-14(18)19/h6-10H,4-5H2,1-3H3,(H,16,20)(H,18,19). The van der Waals surface area contributed by atoms with Crippen LogP contribution >= 0.6 is 0 Å². The lowest BCUT2D eigenvalue weighted by molar-refractivity contribution is -0.131. The van der Waals surface area contributed by atoms with Crippen molar-refractivity contribution >= 4 is 23.8 Å². The Morgan fingerprint density at radius 2 is 1.95 bits per heavy atom. The third-order valence-corrected chi connectivity index (χ3v) is 2.97. The van der Waals surface area contributed by atoms with Crippen molar-refractivity contribution < 1.29 is 14.7 Å². The van der Waals surface area contributed by atoms with E-state index in [0.717, 1.165) is 17.2 Å². The molecule has 0 spiro atoms. The number of aryl methyl sites for hydroxylation is 1. The topological polar surface area (TPSA) is 69.6 Å². The second-order valence-corrected chi connectivity index (χ2v) is 4.35. The maximum atomic E-state index is 12.0. The molecule has 0 atom stereocenters. The largest absolute Gasteiger partial charge is 0.478 e. The van der Waals surface area contributed by atoms with Crippen LogP contribution < -0.4 is 5.32 Å². The van der Waals surface area contributed by atoms with E-state index in [-0.39, 0.29) is 6.03 Å². The third kappa shape index (κ3) is 4.42. The fourth-order valence-electron chi connectivity index (χ4n) is 1.75. The molecule has 0 radical (unpaired) electrons. The molecule has 5 nitrogen and oxygen atoms in total. The Balaban J connectivity index is 2.91. The van der Waals surface area contributed by atoms with E-state index >= 15 is 0 Å². The molecule has 0 saturated heterocycles. The molecule has 2 N–H and O–H groups in total. The van der Waals surface area contributed by atoms with E-state index in [2.05, 4.69) is 5.32 Å². The van der Waals surface area contributed by atoms with Crippen LogP contribution in [-0.2, 0) is 4.79 Å². The number of amides is 2. The number of carbonyl (C=O) groups is 2. The van der Waals surface area contributed by atoms with E-state index in [4.69, 9.17) is 5.11 Å². The van der Waals surface area contributed by atoms with Gasteiger partial charge in [0.05, 0.1) is 0 Å². The van der Waals surface area contributed by atoms with E-state index in [9.17, 15) is 9.59 Å². The minimum absolute atomic E-state index is 0.155. The highest BCUT2D eigenvalue weighted by molar-refractivity contribution is 5.91. The number of nitrogens with zero attached hydrogens (tertiary/aromatic N) is 1. The van der Waals surface area contributed by atoms with Crippen molar-refractivity contribution in [2.45, 2.75) is 20.8 Å². The molecule has 1 rings (SSSR count). The molecule has 0 heterocycles. The van der Waals surface area contributed by atoms with Crippen LogP contribution in [0.3, 0.4) is 0 Å². The van der Waals surface area contributed by atoms with Crippen LogP contribution in [0, 0.1) is 6.92 Å². The fourth-order valence-corrected chi connectivity index (χ4v) is 1.75. The molecule has 0 unspecified atom stereocenters. The molecule has 2 amide bonds. The highest BCUT2D eigenvalue weighted by Gasteiger charge is 2.10. The van der Waals surface area contributed by atoms with Crippen LogP contribution in [0.25, 0.3) is 6.08 Å². The molecule has 0 bridgehead atoms. The van der Waals surface area contributed by atoms with E-state index in [0.29, 0.717) is 18.8 Å². The second-order valence-electron chi connectivity index (χ2n) is 4.35. The lowest BCUT2D eigenvalue weighted by Crippen LogP contribution is -2.34. The van der Waals surface area contributed by atoms with E-state index < -0.39 is 5.97 Å². The first-order valence-electron chi connectivity index (χ1n) is 6.55. The summed E-state index contributed by atoms with van der Waals surface area (Å²) < 4.78 is 0. The van der Waals surface area contributed by atoms with Gasteiger partial charge in [-0.05, 0) is 44.0 Å². The molecule has 108 valence electrons. The number of anilines is 1. The molecule has 1 aromatic carbocycles. The summed E-state index contributed by atoms with van der Waals surface area (Å²) in [6.07, 6.45) is 2.56. The number of rotatable bonds is 5. The summed E-state index contributed by atoms with van der Waals surface area (Å²) in [5, 5.41) is 11.5. The van der Waals surface area contributed by atoms with E-state index in [1.807, 2.05) is 32.9 Å². The van der Waals surface area contributed by atoms with E-state index in [1.54, 1.807) is 11.0 Å². The second kappa shape index (κ2) is 7.33. The summed E-state index contributed by atoms with van der Waals surface area (Å²) in [5.74, 6) is -1.00. The van der Waals surface area contributed by atoms with Gasteiger partial charge in [-0.3, -0.25) is 0 Å². The molecule has 0 aliphatic rings. The number of urea groups is 1. The molecule has 0 aliphatic carbocycles. The number of carbonyl (C=O) groups excluding carboxylic acids is 1. The summed E-state index contributed by atoms with van der Waals surface area (Å²) in [6, 6.07) is 5.26. The molecular weight excluding hydrogens is 256 g/mol. The normalized spacial score (nSPS) is 10.6. The van der Waals surface area contributed by atoms with Gasteiger partial charge in [0, 0.05) is 24.9 Å². The Hall–Kier alpha value is -2.30. The van der Waals surface area contributed by atoms with Crippen molar-refractivity contribution in [2.24, 2.45) is 0 Å². The first-order valence-corrected chi connectivity index (χ1v) is 6.55. The average molecular weight is 276 g/mol. The average Bonchev–Trinajstić information content (AvgIpc) is 2.41. The van der Waals surface area contributed by atoms with Crippen molar-refractivity contribution in [2.75, 3.05) is 18.4 Å². The molecule has 5 heteroatoms. The van der Waals surface area contributed by atoms with Gasteiger partial charge in [0.25, 0.3) is 0 Å². The van der Waals surface area contributed by atoms with Crippen LogP contribution in [0.15, 0.2) is 24.3 Å². The van der Waals surface area contributed by atoms with Crippen molar-refractivity contribution in [3.05, 3.63) is 35.4 Å². The van der Waals surface area contributed by atoms with Gasteiger partial charge >= 0.3 is 12.0 Å². The zero-order valence-electron chi connectivity index (χ0n) is 12.0. The van der Waals surface area contributed by atoms with Gasteiger partial charge < -0.3 is 15.3 Å². The maximum Gasteiger partial charge on any atom is 0.328 e. The van der Waals surface area contributed by atoms with Gasteiger partial charge in [-0.25, -0.2) is 9.59 Å². The predicted molar refractivity (Wildman–Crippen MR) is 79.8 cm³/mol. The predicted octanol–water partition coefficient (Wildman–Crippen LogP) is 2.97. The van der Waals surface area contributed by atoms with Gasteiger partial charge in [-0.1, -0.05) is 12.1 Å². The van der Waals surface area contributed by atoms with Crippen molar-refractivity contribution in [3.8, 4) is 0 Å². The lowest BCUT2D eigenvalue weighted by Gasteiger charge is -2.20. The van der Waals surface area contributed by atoms with Gasteiger partial charge in [0.15, 0.2) is 0 Å². The molecule has 0 aliphatic heterocycles. The molecule has 0 aromatic heterocycles. The summed E-state index contributed by atoms with van der Waals surface area (Å²) >= 11 is 0. The summed E-state index contributed by atoms with van der Waals surface area (Å²) in [5.41, 5.74) is 2.35. The lowest BCUT2D eigenvalue weighted by atomic mass is 10.1. The number of hydrogen-bond donors (Lipinski definition) is 2. The number of aliphatic carboxylic acids is 1. The highest BCUT2D eigenvalue weighted by atomic mass is 16.4. The zero-order valence-corrected chi connectivity index (χ0v) is 12.0. The van der Waals surface area contributed by atoms with Gasteiger partial charge in [0.2, 0.25) is 0 Å². The van der Waals surface area contributed by atoms with Crippen LogP contribution in [0.5, 0.6) is 0 Å². The Morgan fingerprint density at radius 1 is 1.30 bits per heavy atom. The van der Waals surface area contributed by atoms with Crippen molar-refractivity contribution in [1.29, 1.82) is 0 Å². The number of nitrogens with one attached hydrogen (secondary N) is 1. The summed E-state index contributed by atoms with van der Waals surface area (Å²) in [4.78, 5) is 24.2. The fraction of sp³-hybridized carbons (Fsp3) is 0.333. The van der Waals surface area contributed by atoms with Gasteiger partial charge in [-0.15, -0.1) is 0 Å². The van der Waals surface area contributed by atoms with Crippen LogP contribution in [0.4, 0.5) is 10.5 Å². The van der Waals surface area contributed by atoms with Crippen LogP contribution in [0.1, 0.15) is 25.0 Å². The molecule has 0 fully saturated rings. The molecule has 1 aromatic rings. The van der Waals surface area contributed by atoms with Crippen LogP contribution in [0.2, 0.25) is 0 Å². The quantitative estimate of drug-likeness (QED) is 0.812. The number of benzene rings is 1. The Bertz CT molecular complexity index is 520. The third-order valence-electron chi connectivity index (χ3n) is 2.97. The minimum Gasteiger partial charge on any atom is -0.478 e. The van der Waals surface area contributed by atoms with Crippen LogP contribution in [-0.4, -0.2) is 35.1 Å². The molecule has 0 saturated carbocycles. The maximum absolute atomic E-state index is 12.0. The van der Waals surface area contributed by atoms with Crippen molar-refractivity contribution in [3.63, 3.8) is 0 Å². The van der Waals surface area contributed by atoms with Gasteiger partial charge in [-0.2, -0.15) is 0 Å².